The van der Waals surface area contributed by atoms with Gasteiger partial charge in [0, 0.05) is 11.2 Å². The SMILES string of the molecule is CC1(C)OB(c2cc(N)cc(Br)c2F)OC1(C)C. The summed E-state index contributed by atoms with van der Waals surface area (Å²) in [5.74, 6) is -0.400. The summed E-state index contributed by atoms with van der Waals surface area (Å²) >= 11 is 3.13. The molecule has 1 aliphatic heterocycles. The molecule has 0 atom stereocenters. The standard InChI is InChI=1S/C12H16BBrFNO2/c1-11(2)12(3,4)18-13(17-11)8-5-7(16)6-9(14)10(8)15/h5-6H,16H2,1-4H3. The van der Waals surface area contributed by atoms with Gasteiger partial charge in [-0.1, -0.05) is 0 Å². The molecule has 1 aromatic rings. The maximum absolute atomic E-state index is 14.1. The van der Waals surface area contributed by atoms with E-state index in [-0.39, 0.29) is 0 Å². The van der Waals surface area contributed by atoms with Crippen molar-refractivity contribution < 1.29 is 13.7 Å². The molecular formula is C12H16BBrFNO2. The molecule has 0 amide bonds. The molecule has 1 heterocycles. The molecule has 0 radical (unpaired) electrons. The molecule has 1 fully saturated rings. The van der Waals surface area contributed by atoms with Gasteiger partial charge in [0.2, 0.25) is 0 Å². The summed E-state index contributed by atoms with van der Waals surface area (Å²) in [5.41, 5.74) is 5.51. The lowest BCUT2D eigenvalue weighted by Gasteiger charge is -2.32. The Morgan fingerprint density at radius 2 is 1.67 bits per heavy atom. The number of hydrogen-bond donors (Lipinski definition) is 1. The number of halogens is 2. The van der Waals surface area contributed by atoms with Crippen molar-refractivity contribution >= 4 is 34.2 Å². The largest absolute Gasteiger partial charge is 0.497 e. The van der Waals surface area contributed by atoms with Crippen molar-refractivity contribution in [3.8, 4) is 0 Å². The second-order valence-corrected chi connectivity index (χ2v) is 6.35. The predicted molar refractivity (Wildman–Crippen MR) is 74.2 cm³/mol. The molecule has 1 aromatic carbocycles. The van der Waals surface area contributed by atoms with Gasteiger partial charge in [-0.2, -0.15) is 0 Å². The van der Waals surface area contributed by atoms with Crippen LogP contribution < -0.4 is 11.2 Å². The van der Waals surface area contributed by atoms with Crippen LogP contribution in [0.3, 0.4) is 0 Å². The highest BCUT2D eigenvalue weighted by Crippen LogP contribution is 2.37. The van der Waals surface area contributed by atoms with Crippen LogP contribution in [0.1, 0.15) is 27.7 Å². The van der Waals surface area contributed by atoms with E-state index in [9.17, 15) is 4.39 Å². The van der Waals surface area contributed by atoms with Crippen LogP contribution in [-0.2, 0) is 9.31 Å². The third-order valence-electron chi connectivity index (χ3n) is 3.59. The average molecular weight is 316 g/mol. The molecule has 0 spiro atoms. The zero-order valence-corrected chi connectivity index (χ0v) is 12.5. The van der Waals surface area contributed by atoms with E-state index in [0.29, 0.717) is 15.6 Å². The Bertz CT molecular complexity index is 477. The Balaban J connectivity index is 2.41. The van der Waals surface area contributed by atoms with Crippen molar-refractivity contribution in [1.82, 2.24) is 0 Å². The zero-order valence-electron chi connectivity index (χ0n) is 10.9. The minimum absolute atomic E-state index is 0.312. The molecule has 0 aromatic heterocycles. The molecular weight excluding hydrogens is 300 g/mol. The predicted octanol–water partition coefficient (Wildman–Crippen LogP) is 2.47. The van der Waals surface area contributed by atoms with E-state index >= 15 is 0 Å². The minimum Gasteiger partial charge on any atom is -0.399 e. The Kier molecular flexibility index (Phi) is 3.24. The first-order valence-electron chi connectivity index (χ1n) is 5.74. The van der Waals surface area contributed by atoms with Crippen LogP contribution in [0.5, 0.6) is 0 Å². The summed E-state index contributed by atoms with van der Waals surface area (Å²) in [4.78, 5) is 0. The first-order chi connectivity index (χ1) is 8.14. The second-order valence-electron chi connectivity index (χ2n) is 5.49. The summed E-state index contributed by atoms with van der Waals surface area (Å²) in [5, 5.41) is 0. The van der Waals surface area contributed by atoms with E-state index in [2.05, 4.69) is 15.9 Å². The van der Waals surface area contributed by atoms with Gasteiger partial charge < -0.3 is 15.0 Å². The molecule has 1 aliphatic rings. The number of nitrogen functional groups attached to an aromatic ring is 1. The van der Waals surface area contributed by atoms with Crippen molar-refractivity contribution in [3.05, 3.63) is 22.4 Å². The van der Waals surface area contributed by atoms with E-state index in [1.165, 1.54) is 6.07 Å². The van der Waals surface area contributed by atoms with E-state index in [4.69, 9.17) is 15.0 Å². The fourth-order valence-corrected chi connectivity index (χ4v) is 2.27. The van der Waals surface area contributed by atoms with Crippen LogP contribution >= 0.6 is 15.9 Å². The fraction of sp³-hybridized carbons (Fsp3) is 0.500. The van der Waals surface area contributed by atoms with E-state index in [0.717, 1.165) is 0 Å². The maximum atomic E-state index is 14.1. The van der Waals surface area contributed by atoms with Gasteiger partial charge in [-0.3, -0.25) is 0 Å². The molecule has 1 saturated heterocycles. The molecule has 3 nitrogen and oxygen atoms in total. The molecule has 0 aliphatic carbocycles. The lowest BCUT2D eigenvalue weighted by atomic mass is 9.78. The molecule has 2 N–H and O–H groups in total. The van der Waals surface area contributed by atoms with Crippen LogP contribution in [0.15, 0.2) is 16.6 Å². The second kappa shape index (κ2) is 4.22. The first-order valence-corrected chi connectivity index (χ1v) is 6.53. The Morgan fingerprint density at radius 3 is 2.17 bits per heavy atom. The minimum atomic E-state index is -0.741. The van der Waals surface area contributed by atoms with Gasteiger partial charge in [0.15, 0.2) is 0 Å². The van der Waals surface area contributed by atoms with Gasteiger partial charge in [0.05, 0.1) is 15.7 Å². The smallest absolute Gasteiger partial charge is 0.399 e. The van der Waals surface area contributed by atoms with Crippen LogP contribution in [-0.4, -0.2) is 18.3 Å². The zero-order chi connectivity index (χ0) is 13.7. The molecule has 98 valence electrons. The number of benzene rings is 1. The van der Waals surface area contributed by atoms with Gasteiger partial charge in [-0.05, 0) is 55.8 Å². The normalized spacial score (nSPS) is 21.3. The van der Waals surface area contributed by atoms with Crippen molar-refractivity contribution in [1.29, 1.82) is 0 Å². The fourth-order valence-electron chi connectivity index (χ4n) is 1.77. The highest BCUT2D eigenvalue weighted by Gasteiger charge is 2.52. The summed E-state index contributed by atoms with van der Waals surface area (Å²) < 4.78 is 26.0. The van der Waals surface area contributed by atoms with E-state index in [1.807, 2.05) is 27.7 Å². The third kappa shape index (κ3) is 2.17. The van der Waals surface area contributed by atoms with E-state index < -0.39 is 24.1 Å². The van der Waals surface area contributed by atoms with Gasteiger partial charge in [0.1, 0.15) is 5.82 Å². The molecule has 2 rings (SSSR count). The van der Waals surface area contributed by atoms with Crippen LogP contribution in [0, 0.1) is 5.82 Å². The lowest BCUT2D eigenvalue weighted by molar-refractivity contribution is 0.00578. The molecule has 18 heavy (non-hydrogen) atoms. The first kappa shape index (κ1) is 13.8. The number of hydrogen-bond acceptors (Lipinski definition) is 3. The summed E-state index contributed by atoms with van der Waals surface area (Å²) in [6.45, 7) is 7.69. The van der Waals surface area contributed by atoms with Gasteiger partial charge in [0.25, 0.3) is 0 Å². The summed E-state index contributed by atoms with van der Waals surface area (Å²) in [6.07, 6.45) is 0. The molecule has 0 unspecified atom stereocenters. The average Bonchev–Trinajstić information content (AvgIpc) is 2.42. The van der Waals surface area contributed by atoms with Gasteiger partial charge >= 0.3 is 7.12 Å². The lowest BCUT2D eigenvalue weighted by Crippen LogP contribution is -2.41. The Labute approximate surface area is 115 Å². The number of rotatable bonds is 1. The van der Waals surface area contributed by atoms with Crippen LogP contribution in [0.25, 0.3) is 0 Å². The van der Waals surface area contributed by atoms with Crippen LogP contribution in [0.2, 0.25) is 0 Å². The summed E-state index contributed by atoms with van der Waals surface area (Å²) in [6, 6.07) is 3.06. The van der Waals surface area contributed by atoms with Crippen molar-refractivity contribution in [3.63, 3.8) is 0 Å². The number of nitrogens with two attached hydrogens (primary N) is 1. The topological polar surface area (TPSA) is 44.5 Å². The summed E-state index contributed by atoms with van der Waals surface area (Å²) in [7, 11) is -0.741. The van der Waals surface area contributed by atoms with Crippen molar-refractivity contribution in [2.24, 2.45) is 0 Å². The molecule has 6 heteroatoms. The van der Waals surface area contributed by atoms with Crippen molar-refractivity contribution in [2.75, 3.05) is 5.73 Å². The van der Waals surface area contributed by atoms with E-state index in [1.54, 1.807) is 6.07 Å². The number of anilines is 1. The van der Waals surface area contributed by atoms with Gasteiger partial charge in [-0.25, -0.2) is 4.39 Å². The quantitative estimate of drug-likeness (QED) is 0.639. The van der Waals surface area contributed by atoms with Crippen molar-refractivity contribution in [2.45, 2.75) is 38.9 Å². The molecule has 0 saturated carbocycles. The highest BCUT2D eigenvalue weighted by atomic mass is 79.9. The highest BCUT2D eigenvalue weighted by molar-refractivity contribution is 9.10. The van der Waals surface area contributed by atoms with Crippen LogP contribution in [0.4, 0.5) is 10.1 Å². The Hall–Kier alpha value is -0.585. The van der Waals surface area contributed by atoms with Gasteiger partial charge in [-0.15, -0.1) is 0 Å². The third-order valence-corrected chi connectivity index (χ3v) is 4.16. The monoisotopic (exact) mass is 315 g/mol. The maximum Gasteiger partial charge on any atom is 0.497 e. The molecule has 0 bridgehead atoms. The Morgan fingerprint density at radius 1 is 1.17 bits per heavy atom.